The molecule has 1 saturated carbocycles. The number of carbonyl (C=O) groups excluding carboxylic acids is 2. The number of rotatable bonds is 3. The minimum absolute atomic E-state index is 0.000391. The average Bonchev–Trinajstić information content (AvgIpc) is 3.09. The zero-order chi connectivity index (χ0) is 15.9. The molecule has 2 fully saturated rings. The van der Waals surface area contributed by atoms with E-state index < -0.39 is 0 Å². The highest BCUT2D eigenvalue weighted by molar-refractivity contribution is 5.92. The van der Waals surface area contributed by atoms with E-state index in [-0.39, 0.29) is 23.3 Å². The Balaban J connectivity index is 1.78. The van der Waals surface area contributed by atoms with Crippen molar-refractivity contribution in [2.24, 2.45) is 12.5 Å². The van der Waals surface area contributed by atoms with E-state index in [0.29, 0.717) is 18.7 Å². The normalized spacial score (nSPS) is 27.9. The van der Waals surface area contributed by atoms with Crippen LogP contribution in [0.1, 0.15) is 42.6 Å². The second-order valence-electron chi connectivity index (χ2n) is 6.78. The van der Waals surface area contributed by atoms with Crippen molar-refractivity contribution in [3.05, 3.63) is 18.0 Å². The Bertz CT molecular complexity index is 597. The lowest BCUT2D eigenvalue weighted by molar-refractivity contribution is -0.140. The van der Waals surface area contributed by atoms with Gasteiger partial charge in [-0.25, -0.2) is 0 Å². The highest BCUT2D eigenvalue weighted by Gasteiger charge is 2.49. The number of hydrogen-bond donors (Lipinski definition) is 0. The minimum atomic E-state index is -0.000391. The number of fused-ring (bicyclic) bond motifs is 1. The summed E-state index contributed by atoms with van der Waals surface area (Å²) >= 11 is 0. The van der Waals surface area contributed by atoms with Gasteiger partial charge in [0.15, 0.2) is 0 Å². The van der Waals surface area contributed by atoms with Gasteiger partial charge in [-0.2, -0.15) is 5.10 Å². The monoisotopic (exact) mass is 304 g/mol. The van der Waals surface area contributed by atoms with Crippen LogP contribution in [0.4, 0.5) is 0 Å². The smallest absolute Gasteiger partial charge is 0.271 e. The van der Waals surface area contributed by atoms with E-state index in [2.05, 4.69) is 5.10 Å². The van der Waals surface area contributed by atoms with E-state index in [1.807, 2.05) is 19.0 Å². The zero-order valence-electron chi connectivity index (χ0n) is 13.6. The van der Waals surface area contributed by atoms with Gasteiger partial charge in [0, 0.05) is 51.8 Å². The van der Waals surface area contributed by atoms with Crippen LogP contribution in [-0.4, -0.2) is 58.1 Å². The molecule has 6 nitrogen and oxygen atoms in total. The van der Waals surface area contributed by atoms with Crippen molar-refractivity contribution in [1.82, 2.24) is 19.6 Å². The number of piperidine rings is 1. The molecule has 2 atom stereocenters. The molecule has 120 valence electrons. The van der Waals surface area contributed by atoms with Crippen LogP contribution < -0.4 is 0 Å². The molecule has 2 heterocycles. The van der Waals surface area contributed by atoms with Gasteiger partial charge in [0.2, 0.25) is 5.91 Å². The third-order valence-electron chi connectivity index (χ3n) is 5.50. The number of likely N-dealkylation sites (tertiary alicyclic amines) is 1. The summed E-state index contributed by atoms with van der Waals surface area (Å²) in [6.45, 7) is 0.708. The lowest BCUT2D eigenvalue weighted by atomic mass is 9.74. The molecular formula is C16H24N4O2. The van der Waals surface area contributed by atoms with Gasteiger partial charge in [-0.05, 0) is 25.3 Å². The number of carbonyl (C=O) groups is 2. The molecule has 2 aliphatic rings. The predicted octanol–water partition coefficient (Wildman–Crippen LogP) is 1.28. The molecule has 0 bridgehead atoms. The van der Waals surface area contributed by atoms with Crippen molar-refractivity contribution < 1.29 is 9.59 Å². The van der Waals surface area contributed by atoms with Gasteiger partial charge in [0.25, 0.3) is 5.91 Å². The Hall–Kier alpha value is -1.85. The lowest BCUT2D eigenvalue weighted by Gasteiger charge is -2.46. The van der Waals surface area contributed by atoms with Gasteiger partial charge < -0.3 is 9.80 Å². The summed E-state index contributed by atoms with van der Waals surface area (Å²) in [5.41, 5.74) is 0.666. The van der Waals surface area contributed by atoms with E-state index >= 15 is 0 Å². The minimum Gasteiger partial charge on any atom is -0.342 e. The molecule has 0 N–H and O–H groups in total. The quantitative estimate of drug-likeness (QED) is 0.845. The largest absolute Gasteiger partial charge is 0.342 e. The van der Waals surface area contributed by atoms with Crippen LogP contribution in [0, 0.1) is 5.41 Å². The van der Waals surface area contributed by atoms with Crippen LogP contribution >= 0.6 is 0 Å². The number of aromatic nitrogens is 2. The molecule has 0 radical (unpaired) electrons. The first-order valence-corrected chi connectivity index (χ1v) is 7.94. The molecule has 22 heavy (non-hydrogen) atoms. The molecule has 6 heteroatoms. The van der Waals surface area contributed by atoms with Crippen LogP contribution in [0.25, 0.3) is 0 Å². The second kappa shape index (κ2) is 5.41. The molecule has 1 aliphatic heterocycles. The van der Waals surface area contributed by atoms with Gasteiger partial charge in [-0.15, -0.1) is 0 Å². The predicted molar refractivity (Wildman–Crippen MR) is 82.2 cm³/mol. The van der Waals surface area contributed by atoms with Gasteiger partial charge in [0.1, 0.15) is 5.69 Å². The Labute approximate surface area is 131 Å². The van der Waals surface area contributed by atoms with Crippen molar-refractivity contribution in [2.45, 2.75) is 38.1 Å². The van der Waals surface area contributed by atoms with Crippen LogP contribution in [-0.2, 0) is 11.8 Å². The fourth-order valence-corrected chi connectivity index (χ4v) is 4.31. The standard InChI is InChI=1S/C16H24N4O2/c1-18(15(22)12-7-10-17-20(12)3)11-16-8-4-5-13(16)19(2)14(21)6-9-16/h7,10,13H,4-6,8-9,11H2,1-3H3. The van der Waals surface area contributed by atoms with Crippen LogP contribution in [0.2, 0.25) is 0 Å². The van der Waals surface area contributed by atoms with Crippen LogP contribution in [0.3, 0.4) is 0 Å². The fourth-order valence-electron chi connectivity index (χ4n) is 4.31. The topological polar surface area (TPSA) is 58.4 Å². The summed E-state index contributed by atoms with van der Waals surface area (Å²) < 4.78 is 1.61. The maximum atomic E-state index is 12.6. The van der Waals surface area contributed by atoms with E-state index in [1.165, 1.54) is 0 Å². The first-order chi connectivity index (χ1) is 10.4. The Morgan fingerprint density at radius 1 is 1.45 bits per heavy atom. The maximum Gasteiger partial charge on any atom is 0.271 e. The molecule has 1 aromatic rings. The molecule has 3 rings (SSSR count). The lowest BCUT2D eigenvalue weighted by Crippen LogP contribution is -2.54. The average molecular weight is 304 g/mol. The first-order valence-electron chi connectivity index (χ1n) is 7.94. The van der Waals surface area contributed by atoms with Crippen molar-refractivity contribution in [1.29, 1.82) is 0 Å². The summed E-state index contributed by atoms with van der Waals surface area (Å²) in [6, 6.07) is 2.02. The highest BCUT2D eigenvalue weighted by Crippen LogP contribution is 2.48. The van der Waals surface area contributed by atoms with E-state index in [0.717, 1.165) is 25.7 Å². The highest BCUT2D eigenvalue weighted by atomic mass is 16.2. The van der Waals surface area contributed by atoms with Crippen molar-refractivity contribution >= 4 is 11.8 Å². The summed E-state index contributed by atoms with van der Waals surface area (Å²) in [7, 11) is 5.55. The number of aryl methyl sites for hydroxylation is 1. The molecule has 1 aromatic heterocycles. The molecule has 0 aromatic carbocycles. The SMILES string of the molecule is CN(CC12CCCC1N(C)C(=O)CC2)C(=O)c1ccnn1C. The van der Waals surface area contributed by atoms with Gasteiger partial charge in [0.05, 0.1) is 0 Å². The van der Waals surface area contributed by atoms with E-state index in [9.17, 15) is 9.59 Å². The maximum absolute atomic E-state index is 12.6. The Morgan fingerprint density at radius 2 is 2.23 bits per heavy atom. The first kappa shape index (κ1) is 15.1. The zero-order valence-corrected chi connectivity index (χ0v) is 13.6. The van der Waals surface area contributed by atoms with Crippen molar-refractivity contribution in [2.75, 3.05) is 20.6 Å². The molecule has 1 saturated heterocycles. The van der Waals surface area contributed by atoms with Gasteiger partial charge in [-0.1, -0.05) is 6.42 Å². The number of amides is 2. The van der Waals surface area contributed by atoms with Crippen LogP contribution in [0.5, 0.6) is 0 Å². The fraction of sp³-hybridized carbons (Fsp3) is 0.688. The molecule has 2 amide bonds. The van der Waals surface area contributed by atoms with Gasteiger partial charge >= 0.3 is 0 Å². The summed E-state index contributed by atoms with van der Waals surface area (Å²) in [5.74, 6) is 0.239. The Morgan fingerprint density at radius 3 is 2.91 bits per heavy atom. The summed E-state index contributed by atoms with van der Waals surface area (Å²) in [4.78, 5) is 28.3. The molecular weight excluding hydrogens is 280 g/mol. The van der Waals surface area contributed by atoms with E-state index in [4.69, 9.17) is 0 Å². The van der Waals surface area contributed by atoms with Gasteiger partial charge in [-0.3, -0.25) is 14.3 Å². The number of hydrogen-bond acceptors (Lipinski definition) is 3. The van der Waals surface area contributed by atoms with E-state index in [1.54, 1.807) is 28.9 Å². The molecule has 0 spiro atoms. The number of nitrogens with zero attached hydrogens (tertiary/aromatic N) is 4. The summed E-state index contributed by atoms with van der Waals surface area (Å²) in [6.07, 6.45) is 6.42. The third-order valence-corrected chi connectivity index (χ3v) is 5.50. The van der Waals surface area contributed by atoms with Crippen molar-refractivity contribution in [3.63, 3.8) is 0 Å². The van der Waals surface area contributed by atoms with Crippen LogP contribution in [0.15, 0.2) is 12.3 Å². The molecule has 1 aliphatic carbocycles. The van der Waals surface area contributed by atoms with Crippen molar-refractivity contribution in [3.8, 4) is 0 Å². The second-order valence-corrected chi connectivity index (χ2v) is 6.78. The third kappa shape index (κ3) is 2.30. The Kier molecular flexibility index (Phi) is 3.70. The molecule has 2 unspecified atom stereocenters. The summed E-state index contributed by atoms with van der Waals surface area (Å²) in [5, 5.41) is 4.07.